The van der Waals surface area contributed by atoms with Crippen molar-refractivity contribution < 1.29 is 4.79 Å². The van der Waals surface area contributed by atoms with Crippen LogP contribution in [0.4, 0.5) is 0 Å². The predicted molar refractivity (Wildman–Crippen MR) is 48.8 cm³/mol. The van der Waals surface area contributed by atoms with E-state index in [-0.39, 0.29) is 0 Å². The second kappa shape index (κ2) is 4.24. The van der Waals surface area contributed by atoms with Crippen molar-refractivity contribution in [3.63, 3.8) is 0 Å². The normalized spacial score (nSPS) is 12.5. The first kappa shape index (κ1) is 9.23. The lowest BCUT2D eigenvalue weighted by Gasteiger charge is -2.02. The lowest BCUT2D eigenvalue weighted by Crippen LogP contribution is -2.23. The van der Waals surface area contributed by atoms with Gasteiger partial charge in [-0.3, -0.25) is 4.79 Å². The average molecular weight is 183 g/mol. The molecule has 0 saturated carbocycles. The highest BCUT2D eigenvalue weighted by atomic mass is 35.5. The molecule has 1 aromatic rings. The Balaban J connectivity index is 2.69. The second-order valence-corrected chi connectivity index (χ2v) is 2.99. The zero-order chi connectivity index (χ0) is 8.97. The third kappa shape index (κ3) is 2.64. The SMILES string of the molecule is NC([C]=O)Cc1cccc(Cl)c1. The second-order valence-electron chi connectivity index (χ2n) is 2.56. The highest BCUT2D eigenvalue weighted by molar-refractivity contribution is 6.30. The summed E-state index contributed by atoms with van der Waals surface area (Å²) in [5.74, 6) is 0. The van der Waals surface area contributed by atoms with E-state index in [0.717, 1.165) is 5.56 Å². The van der Waals surface area contributed by atoms with Gasteiger partial charge in [-0.1, -0.05) is 23.7 Å². The Morgan fingerprint density at radius 3 is 2.92 bits per heavy atom. The van der Waals surface area contributed by atoms with Crippen LogP contribution in [0, 0.1) is 0 Å². The van der Waals surface area contributed by atoms with Gasteiger partial charge in [0.1, 0.15) is 0 Å². The molecule has 0 aliphatic rings. The van der Waals surface area contributed by atoms with Crippen molar-refractivity contribution in [2.75, 3.05) is 0 Å². The molecule has 0 spiro atoms. The van der Waals surface area contributed by atoms with Gasteiger partial charge in [0.2, 0.25) is 6.29 Å². The smallest absolute Gasteiger partial charge is 0.217 e. The molecule has 1 radical (unpaired) electrons. The number of halogens is 1. The third-order valence-corrected chi connectivity index (χ3v) is 1.73. The average Bonchev–Trinajstić information content (AvgIpc) is 2.04. The van der Waals surface area contributed by atoms with Crippen LogP contribution >= 0.6 is 11.6 Å². The Morgan fingerprint density at radius 2 is 2.33 bits per heavy atom. The van der Waals surface area contributed by atoms with Crippen LogP contribution in [0.2, 0.25) is 5.02 Å². The molecule has 0 fully saturated rings. The fourth-order valence-electron chi connectivity index (χ4n) is 0.960. The maximum Gasteiger partial charge on any atom is 0.217 e. The standard InChI is InChI=1S/C9H9ClNO/c10-8-3-1-2-7(4-8)5-9(11)6-12/h1-4,9H,5,11H2. The van der Waals surface area contributed by atoms with Gasteiger partial charge < -0.3 is 5.73 Å². The van der Waals surface area contributed by atoms with E-state index in [1.54, 1.807) is 18.4 Å². The lowest BCUT2D eigenvalue weighted by atomic mass is 10.1. The van der Waals surface area contributed by atoms with Crippen molar-refractivity contribution in [3.05, 3.63) is 34.9 Å². The molecule has 0 aromatic heterocycles. The largest absolute Gasteiger partial charge is 0.321 e. The van der Waals surface area contributed by atoms with Gasteiger partial charge in [-0.2, -0.15) is 0 Å². The van der Waals surface area contributed by atoms with Gasteiger partial charge in [0.25, 0.3) is 0 Å². The molecule has 1 atom stereocenters. The van der Waals surface area contributed by atoms with E-state index >= 15 is 0 Å². The summed E-state index contributed by atoms with van der Waals surface area (Å²) in [6, 6.07) is 6.72. The van der Waals surface area contributed by atoms with Crippen LogP contribution in [0.25, 0.3) is 0 Å². The van der Waals surface area contributed by atoms with Gasteiger partial charge in [0.15, 0.2) is 0 Å². The molecule has 3 heteroatoms. The maximum absolute atomic E-state index is 10.1. The molecule has 1 rings (SSSR count). The van der Waals surface area contributed by atoms with E-state index in [4.69, 9.17) is 17.3 Å². The Hall–Kier alpha value is -0.860. The van der Waals surface area contributed by atoms with Gasteiger partial charge in [-0.15, -0.1) is 0 Å². The topological polar surface area (TPSA) is 43.1 Å². The molecule has 0 heterocycles. The molecule has 63 valence electrons. The van der Waals surface area contributed by atoms with Crippen molar-refractivity contribution in [2.45, 2.75) is 12.5 Å². The predicted octanol–water partition coefficient (Wildman–Crippen LogP) is 1.32. The quantitative estimate of drug-likeness (QED) is 0.766. The number of benzene rings is 1. The summed E-state index contributed by atoms with van der Waals surface area (Å²) in [4.78, 5) is 10.1. The minimum Gasteiger partial charge on any atom is -0.321 e. The van der Waals surface area contributed by atoms with Crippen LogP contribution in [0.5, 0.6) is 0 Å². The van der Waals surface area contributed by atoms with E-state index in [1.807, 2.05) is 12.1 Å². The van der Waals surface area contributed by atoms with Crippen LogP contribution in [-0.4, -0.2) is 12.3 Å². The fourth-order valence-corrected chi connectivity index (χ4v) is 1.17. The molecule has 0 aliphatic carbocycles. The first-order valence-corrected chi connectivity index (χ1v) is 3.98. The van der Waals surface area contributed by atoms with Crippen molar-refractivity contribution >= 4 is 17.9 Å². The van der Waals surface area contributed by atoms with Gasteiger partial charge in [-0.05, 0) is 24.1 Å². The number of rotatable bonds is 3. The lowest BCUT2D eigenvalue weighted by molar-refractivity contribution is 0.541. The first-order valence-electron chi connectivity index (χ1n) is 3.60. The zero-order valence-corrected chi connectivity index (χ0v) is 7.21. The Morgan fingerprint density at radius 1 is 1.58 bits per heavy atom. The summed E-state index contributed by atoms with van der Waals surface area (Å²) in [6.45, 7) is 0. The van der Waals surface area contributed by atoms with Crippen LogP contribution in [0.15, 0.2) is 24.3 Å². The van der Waals surface area contributed by atoms with Crippen molar-refractivity contribution in [1.29, 1.82) is 0 Å². The zero-order valence-electron chi connectivity index (χ0n) is 6.46. The molecular formula is C9H9ClNO. The fraction of sp³-hybridized carbons (Fsp3) is 0.222. The van der Waals surface area contributed by atoms with E-state index in [0.29, 0.717) is 11.4 Å². The third-order valence-electron chi connectivity index (χ3n) is 1.50. The Bertz CT molecular complexity index is 275. The van der Waals surface area contributed by atoms with Gasteiger partial charge in [-0.25, -0.2) is 0 Å². The van der Waals surface area contributed by atoms with Gasteiger partial charge >= 0.3 is 0 Å². The van der Waals surface area contributed by atoms with Crippen LogP contribution in [-0.2, 0) is 11.2 Å². The number of hydrogen-bond acceptors (Lipinski definition) is 2. The summed E-state index contributed by atoms with van der Waals surface area (Å²) in [5, 5.41) is 0.658. The number of carbonyl (C=O) groups excluding carboxylic acids is 1. The minimum atomic E-state index is -0.552. The Labute approximate surface area is 76.3 Å². The summed E-state index contributed by atoms with van der Waals surface area (Å²) in [5.41, 5.74) is 6.35. The molecule has 1 aromatic carbocycles. The number of hydrogen-bond donors (Lipinski definition) is 1. The molecule has 0 aliphatic heterocycles. The van der Waals surface area contributed by atoms with Crippen LogP contribution in [0.1, 0.15) is 5.56 Å². The monoisotopic (exact) mass is 182 g/mol. The summed E-state index contributed by atoms with van der Waals surface area (Å²) < 4.78 is 0. The van der Waals surface area contributed by atoms with Gasteiger partial charge in [0.05, 0.1) is 6.04 Å². The molecule has 2 N–H and O–H groups in total. The molecule has 0 bridgehead atoms. The van der Waals surface area contributed by atoms with Crippen molar-refractivity contribution in [2.24, 2.45) is 5.73 Å². The molecular weight excluding hydrogens is 174 g/mol. The molecule has 0 saturated heterocycles. The summed E-state index contributed by atoms with van der Waals surface area (Å²) >= 11 is 5.73. The van der Waals surface area contributed by atoms with Gasteiger partial charge in [0, 0.05) is 5.02 Å². The van der Waals surface area contributed by atoms with E-state index < -0.39 is 6.04 Å². The van der Waals surface area contributed by atoms with Crippen LogP contribution in [0.3, 0.4) is 0 Å². The van der Waals surface area contributed by atoms with Crippen molar-refractivity contribution in [1.82, 2.24) is 0 Å². The van der Waals surface area contributed by atoms with Crippen molar-refractivity contribution in [3.8, 4) is 0 Å². The minimum absolute atomic E-state index is 0.490. The Kier molecular flexibility index (Phi) is 3.26. The number of nitrogens with two attached hydrogens (primary N) is 1. The highest BCUT2D eigenvalue weighted by Crippen LogP contribution is 2.11. The molecule has 2 nitrogen and oxygen atoms in total. The molecule has 0 amide bonds. The van der Waals surface area contributed by atoms with Crippen LogP contribution < -0.4 is 5.73 Å². The first-order chi connectivity index (χ1) is 5.72. The van der Waals surface area contributed by atoms with E-state index in [9.17, 15) is 4.79 Å². The maximum atomic E-state index is 10.1. The van der Waals surface area contributed by atoms with E-state index in [1.165, 1.54) is 0 Å². The molecule has 1 unspecified atom stereocenters. The summed E-state index contributed by atoms with van der Waals surface area (Å²) in [6.07, 6.45) is 2.21. The van der Waals surface area contributed by atoms with E-state index in [2.05, 4.69) is 0 Å². The highest BCUT2D eigenvalue weighted by Gasteiger charge is 2.02. The molecule has 12 heavy (non-hydrogen) atoms. The summed E-state index contributed by atoms with van der Waals surface area (Å²) in [7, 11) is 0.